The molecule has 1 aromatic carbocycles. The fraction of sp³-hybridized carbons (Fsp3) is 0.357. The molecule has 0 saturated heterocycles. The number of aryl methyl sites for hydroxylation is 3. The molecule has 19 heavy (non-hydrogen) atoms. The van der Waals surface area contributed by atoms with Crippen molar-refractivity contribution in [1.82, 2.24) is 4.57 Å². The molecule has 5 heteroatoms. The molecule has 0 bridgehead atoms. The van der Waals surface area contributed by atoms with Crippen molar-refractivity contribution < 1.29 is 18.0 Å². The number of carbonyl (C=O) groups excluding carboxylic acids is 1. The lowest BCUT2D eigenvalue weighted by Gasteiger charge is -2.09. The molecule has 0 atom stereocenters. The molecule has 0 amide bonds. The van der Waals surface area contributed by atoms with Gasteiger partial charge in [-0.05, 0) is 38.0 Å². The van der Waals surface area contributed by atoms with Gasteiger partial charge in [0.15, 0.2) is 5.78 Å². The summed E-state index contributed by atoms with van der Waals surface area (Å²) in [6.45, 7) is 4.71. The van der Waals surface area contributed by atoms with Crippen LogP contribution in [0.1, 0.15) is 34.1 Å². The van der Waals surface area contributed by atoms with Crippen molar-refractivity contribution in [2.24, 2.45) is 7.05 Å². The van der Waals surface area contributed by atoms with Gasteiger partial charge in [-0.2, -0.15) is 13.2 Å². The molecule has 2 rings (SSSR count). The molecule has 0 spiro atoms. The number of nitrogens with zero attached hydrogens (tertiary/aromatic N) is 1. The molecule has 0 radical (unpaired) electrons. The maximum Gasteiger partial charge on any atom is 0.432 e. The number of aromatic nitrogens is 1. The number of fused-ring (bicyclic) bond motifs is 1. The third-order valence-electron chi connectivity index (χ3n) is 3.26. The first kappa shape index (κ1) is 13.6. The summed E-state index contributed by atoms with van der Waals surface area (Å²) in [5, 5.41) is 0.396. The van der Waals surface area contributed by atoms with E-state index in [0.29, 0.717) is 16.5 Å². The van der Waals surface area contributed by atoms with Crippen LogP contribution in [0.3, 0.4) is 0 Å². The summed E-state index contributed by atoms with van der Waals surface area (Å²) >= 11 is 0. The summed E-state index contributed by atoms with van der Waals surface area (Å²) < 4.78 is 40.6. The SMILES string of the molecule is CC(=O)c1c(C(F)(F)F)n(C)c2cc(C)cc(C)c12. The topological polar surface area (TPSA) is 22.0 Å². The predicted octanol–water partition coefficient (Wildman–Crippen LogP) is 4.02. The molecule has 0 aliphatic heterocycles. The standard InChI is InChI=1S/C14H14F3NO/c1-7-5-8(2)11-10(6-7)18(4)13(14(15,16)17)12(11)9(3)19/h5-6H,1-4H3. The number of Topliss-reactive ketones (excluding diaryl/α,β-unsaturated/α-hetero) is 1. The monoisotopic (exact) mass is 269 g/mol. The van der Waals surface area contributed by atoms with E-state index in [1.807, 2.05) is 6.92 Å². The lowest BCUT2D eigenvalue weighted by Crippen LogP contribution is -2.15. The summed E-state index contributed by atoms with van der Waals surface area (Å²) in [5.41, 5.74) is 0.891. The maximum atomic E-state index is 13.2. The van der Waals surface area contributed by atoms with Crippen molar-refractivity contribution in [3.63, 3.8) is 0 Å². The van der Waals surface area contributed by atoms with Crippen molar-refractivity contribution in [2.45, 2.75) is 26.9 Å². The average molecular weight is 269 g/mol. The fourth-order valence-electron chi connectivity index (χ4n) is 2.62. The summed E-state index contributed by atoms with van der Waals surface area (Å²) in [6.07, 6.45) is -4.55. The normalized spacial score (nSPS) is 12.2. The first-order valence-electron chi connectivity index (χ1n) is 5.82. The Labute approximate surface area is 108 Å². The van der Waals surface area contributed by atoms with E-state index in [2.05, 4.69) is 0 Å². The van der Waals surface area contributed by atoms with Gasteiger partial charge < -0.3 is 4.57 Å². The quantitative estimate of drug-likeness (QED) is 0.717. The van der Waals surface area contributed by atoms with E-state index in [4.69, 9.17) is 0 Å². The number of benzene rings is 1. The zero-order valence-electron chi connectivity index (χ0n) is 11.1. The van der Waals surface area contributed by atoms with Crippen LogP contribution in [0.25, 0.3) is 10.9 Å². The Kier molecular flexibility index (Phi) is 2.96. The highest BCUT2D eigenvalue weighted by Crippen LogP contribution is 2.39. The van der Waals surface area contributed by atoms with Crippen molar-refractivity contribution in [3.05, 3.63) is 34.5 Å². The number of halogens is 3. The van der Waals surface area contributed by atoms with Crippen LogP contribution < -0.4 is 0 Å². The van der Waals surface area contributed by atoms with Crippen LogP contribution in [-0.4, -0.2) is 10.4 Å². The van der Waals surface area contributed by atoms with Crippen LogP contribution in [0.2, 0.25) is 0 Å². The van der Waals surface area contributed by atoms with Crippen LogP contribution in [0.4, 0.5) is 13.2 Å². The molecular formula is C14H14F3NO. The van der Waals surface area contributed by atoms with Crippen molar-refractivity contribution in [1.29, 1.82) is 0 Å². The maximum absolute atomic E-state index is 13.2. The molecule has 0 fully saturated rings. The van der Waals surface area contributed by atoms with Gasteiger partial charge in [-0.15, -0.1) is 0 Å². The van der Waals surface area contributed by atoms with Crippen LogP contribution >= 0.6 is 0 Å². The Balaban J connectivity index is 3.05. The molecule has 0 saturated carbocycles. The fourth-order valence-corrected chi connectivity index (χ4v) is 2.62. The van der Waals surface area contributed by atoms with E-state index < -0.39 is 17.7 Å². The number of carbonyl (C=O) groups is 1. The summed E-state index contributed by atoms with van der Waals surface area (Å²) in [5.74, 6) is -0.565. The van der Waals surface area contributed by atoms with E-state index in [-0.39, 0.29) is 5.56 Å². The first-order valence-corrected chi connectivity index (χ1v) is 5.82. The number of alkyl halides is 3. The van der Waals surface area contributed by atoms with Gasteiger partial charge in [0.2, 0.25) is 0 Å². The smallest absolute Gasteiger partial charge is 0.339 e. The molecular weight excluding hydrogens is 255 g/mol. The highest BCUT2D eigenvalue weighted by molar-refractivity contribution is 6.10. The van der Waals surface area contributed by atoms with Crippen LogP contribution in [0, 0.1) is 13.8 Å². The molecule has 0 aliphatic rings. The third kappa shape index (κ3) is 2.03. The highest BCUT2D eigenvalue weighted by atomic mass is 19.4. The molecule has 0 N–H and O–H groups in total. The Morgan fingerprint density at radius 3 is 2.26 bits per heavy atom. The molecule has 1 aromatic heterocycles. The molecule has 102 valence electrons. The highest BCUT2D eigenvalue weighted by Gasteiger charge is 2.39. The van der Waals surface area contributed by atoms with Crippen LogP contribution in [0.5, 0.6) is 0 Å². The Bertz CT molecular complexity index is 680. The zero-order chi connectivity index (χ0) is 14.5. The second-order valence-electron chi connectivity index (χ2n) is 4.81. The molecule has 1 heterocycles. The molecule has 0 unspecified atom stereocenters. The van der Waals surface area contributed by atoms with Crippen LogP contribution in [-0.2, 0) is 13.2 Å². The van der Waals surface area contributed by atoms with Gasteiger partial charge in [0.25, 0.3) is 0 Å². The average Bonchev–Trinajstić information content (AvgIpc) is 2.52. The van der Waals surface area contributed by atoms with Gasteiger partial charge >= 0.3 is 6.18 Å². The van der Waals surface area contributed by atoms with E-state index >= 15 is 0 Å². The van der Waals surface area contributed by atoms with Crippen molar-refractivity contribution >= 4 is 16.7 Å². The van der Waals surface area contributed by atoms with Gasteiger partial charge in [0.05, 0.1) is 5.56 Å². The number of rotatable bonds is 1. The number of ketones is 1. The molecule has 0 aliphatic carbocycles. The lowest BCUT2D eigenvalue weighted by atomic mass is 10.0. The van der Waals surface area contributed by atoms with Gasteiger partial charge in [0, 0.05) is 18.0 Å². The lowest BCUT2D eigenvalue weighted by molar-refractivity contribution is -0.143. The van der Waals surface area contributed by atoms with E-state index in [9.17, 15) is 18.0 Å². The second-order valence-corrected chi connectivity index (χ2v) is 4.81. The first-order chi connectivity index (χ1) is 8.64. The van der Waals surface area contributed by atoms with E-state index in [0.717, 1.165) is 10.1 Å². The van der Waals surface area contributed by atoms with Crippen molar-refractivity contribution in [3.8, 4) is 0 Å². The van der Waals surface area contributed by atoms with Crippen LogP contribution in [0.15, 0.2) is 12.1 Å². The minimum Gasteiger partial charge on any atom is -0.339 e. The molecule has 2 aromatic rings. The third-order valence-corrected chi connectivity index (χ3v) is 3.26. The minimum atomic E-state index is -4.55. The minimum absolute atomic E-state index is 0.234. The zero-order valence-corrected chi connectivity index (χ0v) is 11.1. The second kappa shape index (κ2) is 4.11. The predicted molar refractivity (Wildman–Crippen MR) is 67.4 cm³/mol. The van der Waals surface area contributed by atoms with Gasteiger partial charge in [-0.3, -0.25) is 4.79 Å². The number of hydrogen-bond acceptors (Lipinski definition) is 1. The Hall–Kier alpha value is -1.78. The molecule has 2 nitrogen and oxygen atoms in total. The summed E-state index contributed by atoms with van der Waals surface area (Å²) in [4.78, 5) is 11.7. The van der Waals surface area contributed by atoms with E-state index in [1.165, 1.54) is 14.0 Å². The summed E-state index contributed by atoms with van der Waals surface area (Å²) in [7, 11) is 1.34. The van der Waals surface area contributed by atoms with Gasteiger partial charge in [-0.25, -0.2) is 0 Å². The van der Waals surface area contributed by atoms with Gasteiger partial charge in [-0.1, -0.05) is 6.07 Å². The number of hydrogen-bond donors (Lipinski definition) is 0. The largest absolute Gasteiger partial charge is 0.432 e. The Morgan fingerprint density at radius 2 is 1.79 bits per heavy atom. The Morgan fingerprint density at radius 1 is 1.21 bits per heavy atom. The summed E-state index contributed by atoms with van der Waals surface area (Å²) in [6, 6.07) is 3.46. The van der Waals surface area contributed by atoms with E-state index in [1.54, 1.807) is 19.1 Å². The van der Waals surface area contributed by atoms with Gasteiger partial charge in [0.1, 0.15) is 5.69 Å². The van der Waals surface area contributed by atoms with Crippen molar-refractivity contribution in [2.75, 3.05) is 0 Å².